The van der Waals surface area contributed by atoms with Crippen molar-refractivity contribution in [1.82, 2.24) is 0 Å². The van der Waals surface area contributed by atoms with E-state index in [0.29, 0.717) is 0 Å². The van der Waals surface area contributed by atoms with Crippen LogP contribution in [0.15, 0.2) is 12.1 Å². The van der Waals surface area contributed by atoms with Gasteiger partial charge in [0.25, 0.3) is 0 Å². The standard InChI is InChI=1S/C35H63O3/c1-5-9-12-15-18-21-24-27-36-33-30-32(8-4)31-34(37-28-25-22-19-16-13-10-6-2)35(33)38-29-26-23-20-17-14-11-7-3/h30-31H,4-29H2,1-3H3. The monoisotopic (exact) mass is 531 g/mol. The van der Waals surface area contributed by atoms with Gasteiger partial charge in [0.2, 0.25) is 5.75 Å². The smallest absolute Gasteiger partial charge is 0.203 e. The Balaban J connectivity index is 2.64. The van der Waals surface area contributed by atoms with Crippen molar-refractivity contribution in [1.29, 1.82) is 0 Å². The van der Waals surface area contributed by atoms with E-state index in [1.807, 2.05) is 0 Å². The lowest BCUT2D eigenvalue weighted by molar-refractivity contribution is 0.234. The van der Waals surface area contributed by atoms with E-state index in [1.54, 1.807) is 0 Å². The van der Waals surface area contributed by atoms with E-state index in [-0.39, 0.29) is 0 Å². The molecule has 3 nitrogen and oxygen atoms in total. The van der Waals surface area contributed by atoms with Crippen molar-refractivity contribution in [2.75, 3.05) is 19.8 Å². The lowest BCUT2D eigenvalue weighted by Crippen LogP contribution is -2.07. The molecule has 0 aromatic heterocycles. The van der Waals surface area contributed by atoms with Gasteiger partial charge in [-0.15, -0.1) is 0 Å². The van der Waals surface area contributed by atoms with Gasteiger partial charge in [0.05, 0.1) is 19.8 Å². The van der Waals surface area contributed by atoms with Gasteiger partial charge in [-0.2, -0.15) is 0 Å². The van der Waals surface area contributed by atoms with Crippen LogP contribution in [0.5, 0.6) is 17.2 Å². The lowest BCUT2D eigenvalue weighted by atomic mass is 10.1. The predicted octanol–water partition coefficient (Wildman–Crippen LogP) is 11.5. The van der Waals surface area contributed by atoms with Crippen molar-refractivity contribution in [2.24, 2.45) is 0 Å². The average Bonchev–Trinajstić information content (AvgIpc) is 2.93. The zero-order valence-corrected chi connectivity index (χ0v) is 25.8. The molecule has 0 aliphatic rings. The van der Waals surface area contributed by atoms with E-state index in [1.165, 1.54) is 116 Å². The molecule has 0 fully saturated rings. The summed E-state index contributed by atoms with van der Waals surface area (Å²) in [7, 11) is 0. The fourth-order valence-corrected chi connectivity index (χ4v) is 4.85. The van der Waals surface area contributed by atoms with E-state index < -0.39 is 0 Å². The fraction of sp³-hybridized carbons (Fsp3) is 0.800. The first kappa shape index (κ1) is 34.6. The van der Waals surface area contributed by atoms with Gasteiger partial charge in [0, 0.05) is 0 Å². The maximum absolute atomic E-state index is 6.37. The molecule has 0 bridgehead atoms. The van der Waals surface area contributed by atoms with Gasteiger partial charge in [-0.3, -0.25) is 0 Å². The van der Waals surface area contributed by atoms with Crippen LogP contribution in [0.25, 0.3) is 0 Å². The Labute approximate surface area is 237 Å². The average molecular weight is 532 g/mol. The number of hydrogen-bond donors (Lipinski definition) is 0. The summed E-state index contributed by atoms with van der Waals surface area (Å²) in [4.78, 5) is 0. The summed E-state index contributed by atoms with van der Waals surface area (Å²) < 4.78 is 19.0. The Kier molecular flexibility index (Phi) is 23.6. The highest BCUT2D eigenvalue weighted by Gasteiger charge is 2.15. The molecule has 0 unspecified atom stereocenters. The first-order valence-corrected chi connectivity index (χ1v) is 16.6. The largest absolute Gasteiger partial charge is 0.490 e. The van der Waals surface area contributed by atoms with E-state index in [0.717, 1.165) is 68.3 Å². The van der Waals surface area contributed by atoms with E-state index in [4.69, 9.17) is 14.2 Å². The molecule has 0 aliphatic carbocycles. The van der Waals surface area contributed by atoms with Gasteiger partial charge in [-0.05, 0) is 50.3 Å². The van der Waals surface area contributed by atoms with Crippen LogP contribution in [0.2, 0.25) is 0 Å². The third-order valence-electron chi connectivity index (χ3n) is 7.37. The molecule has 0 spiro atoms. The number of ether oxygens (including phenoxy) is 3. The van der Waals surface area contributed by atoms with Crippen molar-refractivity contribution in [3.8, 4) is 17.2 Å². The molecule has 0 aliphatic heterocycles. The van der Waals surface area contributed by atoms with E-state index in [9.17, 15) is 0 Å². The van der Waals surface area contributed by atoms with Gasteiger partial charge in [-0.25, -0.2) is 0 Å². The second-order valence-corrected chi connectivity index (χ2v) is 11.1. The molecule has 1 aromatic carbocycles. The maximum Gasteiger partial charge on any atom is 0.203 e. The fourth-order valence-electron chi connectivity index (χ4n) is 4.85. The van der Waals surface area contributed by atoms with E-state index in [2.05, 4.69) is 39.8 Å². The molecule has 0 heterocycles. The van der Waals surface area contributed by atoms with Crippen LogP contribution in [0, 0.1) is 6.92 Å². The normalized spacial score (nSPS) is 11.2. The summed E-state index contributed by atoms with van der Waals surface area (Å²) in [6.07, 6.45) is 27.6. The highest BCUT2D eigenvalue weighted by Crippen LogP contribution is 2.39. The molecular weight excluding hydrogens is 468 g/mol. The first-order chi connectivity index (χ1) is 18.8. The molecule has 1 rings (SSSR count). The summed E-state index contributed by atoms with van der Waals surface area (Å²) in [6.45, 7) is 13.1. The minimum absolute atomic E-state index is 0.721. The van der Waals surface area contributed by atoms with Crippen LogP contribution in [0.3, 0.4) is 0 Å². The molecule has 0 amide bonds. The molecule has 221 valence electrons. The minimum Gasteiger partial charge on any atom is -0.490 e. The zero-order valence-electron chi connectivity index (χ0n) is 25.8. The van der Waals surface area contributed by atoms with Gasteiger partial charge >= 0.3 is 0 Å². The predicted molar refractivity (Wildman–Crippen MR) is 166 cm³/mol. The van der Waals surface area contributed by atoms with Crippen molar-refractivity contribution in [2.45, 2.75) is 162 Å². The van der Waals surface area contributed by atoms with Crippen LogP contribution < -0.4 is 14.2 Å². The number of hydrogen-bond acceptors (Lipinski definition) is 3. The Bertz CT molecular complexity index is 601. The van der Waals surface area contributed by atoms with Crippen molar-refractivity contribution in [3.63, 3.8) is 0 Å². The second kappa shape index (κ2) is 25.9. The van der Waals surface area contributed by atoms with Crippen molar-refractivity contribution < 1.29 is 14.2 Å². The minimum atomic E-state index is 0.721. The van der Waals surface area contributed by atoms with Crippen LogP contribution >= 0.6 is 0 Å². The molecule has 0 saturated heterocycles. The third kappa shape index (κ3) is 18.0. The molecule has 38 heavy (non-hydrogen) atoms. The van der Waals surface area contributed by atoms with Crippen LogP contribution in [0.4, 0.5) is 0 Å². The quantitative estimate of drug-likeness (QED) is 0.101. The van der Waals surface area contributed by atoms with Gasteiger partial charge < -0.3 is 14.2 Å². The van der Waals surface area contributed by atoms with Crippen LogP contribution in [0.1, 0.15) is 161 Å². The Morgan fingerprint density at radius 1 is 0.447 bits per heavy atom. The zero-order chi connectivity index (χ0) is 27.5. The Hall–Kier alpha value is -1.38. The molecule has 0 atom stereocenters. The molecule has 1 radical (unpaired) electrons. The molecule has 0 saturated carbocycles. The molecule has 1 aromatic rings. The number of unbranched alkanes of at least 4 members (excludes halogenated alkanes) is 18. The Morgan fingerprint density at radius 3 is 1.11 bits per heavy atom. The number of benzene rings is 1. The van der Waals surface area contributed by atoms with Crippen molar-refractivity contribution in [3.05, 3.63) is 24.6 Å². The topological polar surface area (TPSA) is 27.7 Å². The summed E-state index contributed by atoms with van der Waals surface area (Å²) in [6, 6.07) is 4.24. The summed E-state index contributed by atoms with van der Waals surface area (Å²) in [5.41, 5.74) is 1.15. The highest BCUT2D eigenvalue weighted by molar-refractivity contribution is 5.54. The molecule has 3 heteroatoms. The summed E-state index contributed by atoms with van der Waals surface area (Å²) in [5.74, 6) is 2.49. The summed E-state index contributed by atoms with van der Waals surface area (Å²) >= 11 is 0. The summed E-state index contributed by atoms with van der Waals surface area (Å²) in [5, 5.41) is 0. The van der Waals surface area contributed by atoms with Crippen molar-refractivity contribution >= 4 is 0 Å². The van der Waals surface area contributed by atoms with Crippen LogP contribution in [-0.2, 0) is 6.42 Å². The van der Waals surface area contributed by atoms with Gasteiger partial charge in [-0.1, -0.05) is 136 Å². The first-order valence-electron chi connectivity index (χ1n) is 16.6. The van der Waals surface area contributed by atoms with Gasteiger partial charge in [0.15, 0.2) is 11.5 Å². The van der Waals surface area contributed by atoms with E-state index >= 15 is 0 Å². The maximum atomic E-state index is 6.37. The SMILES string of the molecule is [CH2]Cc1cc(OCCCCCCCCC)c(OCCCCCCCCC)c(OCCCCCCCCC)c1. The number of rotatable bonds is 28. The third-order valence-corrected chi connectivity index (χ3v) is 7.37. The Morgan fingerprint density at radius 2 is 0.763 bits per heavy atom. The molecule has 0 N–H and O–H groups in total. The van der Waals surface area contributed by atoms with Gasteiger partial charge in [0.1, 0.15) is 0 Å². The lowest BCUT2D eigenvalue weighted by Gasteiger charge is -2.19. The molecular formula is C35H63O3. The second-order valence-electron chi connectivity index (χ2n) is 11.1. The highest BCUT2D eigenvalue weighted by atomic mass is 16.5. The van der Waals surface area contributed by atoms with Crippen LogP contribution in [-0.4, -0.2) is 19.8 Å².